The minimum absolute atomic E-state index is 0.100. The number of carbonyl (C=O) groups excluding carboxylic acids is 1. The van der Waals surface area contributed by atoms with E-state index in [0.29, 0.717) is 16.9 Å². The number of hydrogen-bond acceptors (Lipinski definition) is 6. The first kappa shape index (κ1) is 17.8. The molecule has 2 aromatic rings. The normalized spacial score (nSPS) is 21.4. The van der Waals surface area contributed by atoms with Crippen LogP contribution in [0.1, 0.15) is 16.1 Å². The predicted molar refractivity (Wildman–Crippen MR) is 90.6 cm³/mol. The van der Waals surface area contributed by atoms with E-state index in [1.54, 1.807) is 23.7 Å². The van der Waals surface area contributed by atoms with Gasteiger partial charge in [-0.05, 0) is 6.92 Å². The number of aryl methyl sites for hydroxylation is 1. The fraction of sp³-hybridized carbons (Fsp3) is 0.533. The van der Waals surface area contributed by atoms with Crippen LogP contribution in [0.2, 0.25) is 0 Å². The van der Waals surface area contributed by atoms with Crippen molar-refractivity contribution in [3.63, 3.8) is 0 Å². The van der Waals surface area contributed by atoms with Gasteiger partial charge in [0.25, 0.3) is 5.91 Å². The number of hydrogen-bond donors (Lipinski definition) is 1. The lowest BCUT2D eigenvalue weighted by molar-refractivity contribution is 0.0763. The van der Waals surface area contributed by atoms with E-state index in [1.807, 2.05) is 0 Å². The lowest BCUT2D eigenvalue weighted by atomic mass is 10.1. The molecule has 2 atom stereocenters. The first-order chi connectivity index (χ1) is 11.7. The molecule has 1 amide bonds. The van der Waals surface area contributed by atoms with E-state index in [9.17, 15) is 18.3 Å². The second kappa shape index (κ2) is 6.36. The molecule has 3 heterocycles. The standard InChI is InChI=1S/C15H21N5O4S/c1-10-12(6-16-14-4-5-17-20(10)14)15(22)19-7-11(13(21)8-19)9-25(23,24)18(2)3/h4-6,11,13,21H,7-9H2,1-3H3/t11-,13-/m0/s1. The molecule has 10 heteroatoms. The summed E-state index contributed by atoms with van der Waals surface area (Å²) in [6.07, 6.45) is 2.22. The summed E-state index contributed by atoms with van der Waals surface area (Å²) in [5.74, 6) is -0.996. The van der Waals surface area contributed by atoms with Crippen molar-refractivity contribution in [1.29, 1.82) is 0 Å². The van der Waals surface area contributed by atoms with E-state index < -0.39 is 22.0 Å². The average molecular weight is 367 g/mol. The van der Waals surface area contributed by atoms with Crippen molar-refractivity contribution in [3.8, 4) is 0 Å². The number of rotatable bonds is 4. The third kappa shape index (κ3) is 3.24. The number of aliphatic hydroxyl groups excluding tert-OH is 1. The Labute approximate surface area is 145 Å². The van der Waals surface area contributed by atoms with Crippen LogP contribution < -0.4 is 0 Å². The maximum atomic E-state index is 12.8. The van der Waals surface area contributed by atoms with E-state index in [2.05, 4.69) is 10.1 Å². The van der Waals surface area contributed by atoms with Crippen LogP contribution in [0.5, 0.6) is 0 Å². The molecular weight excluding hydrogens is 346 g/mol. The van der Waals surface area contributed by atoms with Crippen molar-refractivity contribution in [3.05, 3.63) is 29.7 Å². The van der Waals surface area contributed by atoms with Crippen molar-refractivity contribution in [2.24, 2.45) is 5.92 Å². The monoisotopic (exact) mass is 367 g/mol. The number of β-amino-alcohol motifs (C(OH)–C–C–N with tert-alkyl or cyclic N) is 1. The average Bonchev–Trinajstić information content (AvgIpc) is 3.14. The molecule has 25 heavy (non-hydrogen) atoms. The molecule has 0 unspecified atom stereocenters. The van der Waals surface area contributed by atoms with E-state index in [1.165, 1.54) is 25.2 Å². The molecule has 1 aliphatic heterocycles. The molecule has 0 aromatic carbocycles. The fourth-order valence-electron chi connectivity index (χ4n) is 2.97. The van der Waals surface area contributed by atoms with Crippen LogP contribution in [0.4, 0.5) is 0 Å². The van der Waals surface area contributed by atoms with Crippen molar-refractivity contribution >= 4 is 21.6 Å². The summed E-state index contributed by atoms with van der Waals surface area (Å²) < 4.78 is 26.8. The van der Waals surface area contributed by atoms with Gasteiger partial charge in [0.15, 0.2) is 5.65 Å². The van der Waals surface area contributed by atoms with E-state index >= 15 is 0 Å². The molecule has 0 aliphatic carbocycles. The first-order valence-electron chi connectivity index (χ1n) is 7.87. The Balaban J connectivity index is 1.80. The quantitative estimate of drug-likeness (QED) is 0.770. The van der Waals surface area contributed by atoms with E-state index in [0.717, 1.165) is 4.31 Å². The molecule has 1 fully saturated rings. The summed E-state index contributed by atoms with van der Waals surface area (Å²) in [7, 11) is -0.544. The number of aliphatic hydroxyl groups is 1. The summed E-state index contributed by atoms with van der Waals surface area (Å²) in [5, 5.41) is 14.3. The maximum absolute atomic E-state index is 12.8. The molecule has 136 valence electrons. The summed E-state index contributed by atoms with van der Waals surface area (Å²) in [6.45, 7) is 2.06. The Morgan fingerprint density at radius 1 is 1.40 bits per heavy atom. The lowest BCUT2D eigenvalue weighted by Crippen LogP contribution is -2.34. The van der Waals surface area contributed by atoms with Crippen LogP contribution in [0, 0.1) is 12.8 Å². The van der Waals surface area contributed by atoms with Crippen LogP contribution in [0.15, 0.2) is 18.5 Å². The van der Waals surface area contributed by atoms with Gasteiger partial charge in [0, 0.05) is 45.4 Å². The van der Waals surface area contributed by atoms with Gasteiger partial charge in [0.1, 0.15) is 0 Å². The van der Waals surface area contributed by atoms with Gasteiger partial charge in [0.2, 0.25) is 10.0 Å². The Kier molecular flexibility index (Phi) is 4.52. The molecule has 0 spiro atoms. The highest BCUT2D eigenvalue weighted by atomic mass is 32.2. The highest BCUT2D eigenvalue weighted by Crippen LogP contribution is 2.22. The van der Waals surface area contributed by atoms with Crippen LogP contribution in [0.3, 0.4) is 0 Å². The highest BCUT2D eigenvalue weighted by molar-refractivity contribution is 7.89. The largest absolute Gasteiger partial charge is 0.391 e. The molecule has 0 saturated carbocycles. The van der Waals surface area contributed by atoms with Crippen LogP contribution in [-0.4, -0.2) is 82.3 Å². The Hall–Kier alpha value is -2.04. The Morgan fingerprint density at radius 3 is 2.80 bits per heavy atom. The molecular formula is C15H21N5O4S. The van der Waals surface area contributed by atoms with Crippen molar-refractivity contribution in [2.45, 2.75) is 13.0 Å². The van der Waals surface area contributed by atoms with Crippen molar-refractivity contribution in [2.75, 3.05) is 32.9 Å². The number of likely N-dealkylation sites (tertiary alicyclic amines) is 1. The molecule has 2 aromatic heterocycles. The van der Waals surface area contributed by atoms with Gasteiger partial charge in [-0.1, -0.05) is 0 Å². The van der Waals surface area contributed by atoms with Gasteiger partial charge in [-0.3, -0.25) is 4.79 Å². The zero-order chi connectivity index (χ0) is 18.4. The lowest BCUT2D eigenvalue weighted by Gasteiger charge is -2.18. The Bertz CT molecular complexity index is 908. The van der Waals surface area contributed by atoms with Crippen molar-refractivity contribution in [1.82, 2.24) is 23.8 Å². The van der Waals surface area contributed by atoms with Crippen LogP contribution in [-0.2, 0) is 10.0 Å². The number of amides is 1. The third-order valence-electron chi connectivity index (χ3n) is 4.56. The van der Waals surface area contributed by atoms with Gasteiger partial charge >= 0.3 is 0 Å². The van der Waals surface area contributed by atoms with Crippen LogP contribution in [0.25, 0.3) is 5.65 Å². The second-order valence-corrected chi connectivity index (χ2v) is 8.68. The van der Waals surface area contributed by atoms with Crippen molar-refractivity contribution < 1.29 is 18.3 Å². The number of aromatic nitrogens is 3. The third-order valence-corrected chi connectivity index (χ3v) is 6.52. The van der Waals surface area contributed by atoms with Crippen LogP contribution >= 0.6 is 0 Å². The minimum Gasteiger partial charge on any atom is -0.391 e. The zero-order valence-electron chi connectivity index (χ0n) is 14.3. The van der Waals surface area contributed by atoms with Gasteiger partial charge in [0.05, 0.1) is 29.3 Å². The predicted octanol–water partition coefficient (Wildman–Crippen LogP) is -0.638. The summed E-state index contributed by atoms with van der Waals surface area (Å²) in [5.41, 5.74) is 1.68. The number of carbonyl (C=O) groups is 1. The van der Waals surface area contributed by atoms with E-state index in [4.69, 9.17) is 0 Å². The molecule has 1 saturated heterocycles. The van der Waals surface area contributed by atoms with Gasteiger partial charge in [-0.25, -0.2) is 22.2 Å². The minimum atomic E-state index is -3.45. The Morgan fingerprint density at radius 2 is 2.12 bits per heavy atom. The summed E-state index contributed by atoms with van der Waals surface area (Å²) >= 11 is 0. The zero-order valence-corrected chi connectivity index (χ0v) is 15.1. The van der Waals surface area contributed by atoms with Gasteiger partial charge in [-0.2, -0.15) is 5.10 Å². The second-order valence-electron chi connectivity index (χ2n) is 6.46. The maximum Gasteiger partial charge on any atom is 0.257 e. The molecule has 3 rings (SSSR count). The fourth-order valence-corrected chi connectivity index (χ4v) is 4.14. The van der Waals surface area contributed by atoms with E-state index in [-0.39, 0.29) is 24.7 Å². The number of nitrogens with zero attached hydrogens (tertiary/aromatic N) is 5. The van der Waals surface area contributed by atoms with Gasteiger partial charge < -0.3 is 10.0 Å². The molecule has 1 aliphatic rings. The molecule has 9 nitrogen and oxygen atoms in total. The molecule has 1 N–H and O–H groups in total. The number of fused-ring (bicyclic) bond motifs is 1. The smallest absolute Gasteiger partial charge is 0.257 e. The SMILES string of the molecule is Cc1c(C(=O)N2C[C@@H](CS(=O)(=O)N(C)C)[C@@H](O)C2)cnc2ccnn12. The summed E-state index contributed by atoms with van der Waals surface area (Å²) in [4.78, 5) is 18.5. The molecule has 0 bridgehead atoms. The molecule has 0 radical (unpaired) electrons. The first-order valence-corrected chi connectivity index (χ1v) is 9.48. The van der Waals surface area contributed by atoms with Gasteiger partial charge in [-0.15, -0.1) is 0 Å². The number of sulfonamides is 1. The topological polar surface area (TPSA) is 108 Å². The highest BCUT2D eigenvalue weighted by Gasteiger charge is 2.38. The summed E-state index contributed by atoms with van der Waals surface area (Å²) in [6, 6.07) is 1.74.